The van der Waals surface area contributed by atoms with Crippen LogP contribution in [-0.2, 0) is 6.54 Å². The van der Waals surface area contributed by atoms with Gasteiger partial charge < -0.3 is 11.1 Å². The van der Waals surface area contributed by atoms with Crippen molar-refractivity contribution < 1.29 is 4.79 Å². The highest BCUT2D eigenvalue weighted by atomic mass is 32.1. The maximum atomic E-state index is 11.9. The minimum absolute atomic E-state index is 0.160. The van der Waals surface area contributed by atoms with E-state index >= 15 is 0 Å². The van der Waals surface area contributed by atoms with Crippen LogP contribution in [0.25, 0.3) is 0 Å². The second-order valence-electron chi connectivity index (χ2n) is 4.16. The number of amides is 1. The third-order valence-corrected chi connectivity index (χ3v) is 2.97. The fourth-order valence-electron chi connectivity index (χ4n) is 1.69. The van der Waals surface area contributed by atoms with Crippen molar-refractivity contribution in [1.29, 1.82) is 0 Å². The lowest BCUT2D eigenvalue weighted by Crippen LogP contribution is -2.23. The molecule has 0 fully saturated rings. The van der Waals surface area contributed by atoms with E-state index in [2.05, 4.69) is 15.5 Å². The lowest BCUT2D eigenvalue weighted by atomic mass is 10.1. The van der Waals surface area contributed by atoms with Gasteiger partial charge >= 0.3 is 0 Å². The molecule has 1 aromatic carbocycles. The summed E-state index contributed by atoms with van der Waals surface area (Å²) in [7, 11) is 0. The van der Waals surface area contributed by atoms with Crippen LogP contribution < -0.4 is 11.1 Å². The number of nitrogens with two attached hydrogens (primary N) is 1. The standard InChI is InChI=1S/C13H14N4OS/c1-8-11(7-16-17-8)13(18)15-6-9-3-2-4-10(5-9)12(14)19/h2-5,7H,6H2,1H3,(H2,14,19)(H,15,18)(H,16,17). The number of carbonyl (C=O) groups is 1. The molecule has 2 rings (SSSR count). The van der Waals surface area contributed by atoms with Crippen LogP contribution >= 0.6 is 12.2 Å². The normalized spacial score (nSPS) is 10.2. The van der Waals surface area contributed by atoms with Gasteiger partial charge in [-0.1, -0.05) is 30.4 Å². The molecule has 1 aromatic heterocycles. The van der Waals surface area contributed by atoms with Crippen LogP contribution in [0.2, 0.25) is 0 Å². The first-order valence-electron chi connectivity index (χ1n) is 5.75. The van der Waals surface area contributed by atoms with Gasteiger partial charge in [0.1, 0.15) is 4.99 Å². The molecule has 1 amide bonds. The van der Waals surface area contributed by atoms with Crippen LogP contribution in [0.15, 0.2) is 30.5 Å². The molecule has 0 aliphatic heterocycles. The number of thiocarbonyl (C=S) groups is 1. The van der Waals surface area contributed by atoms with E-state index in [1.54, 1.807) is 6.92 Å². The van der Waals surface area contributed by atoms with Crippen molar-refractivity contribution in [3.05, 3.63) is 52.8 Å². The summed E-state index contributed by atoms with van der Waals surface area (Å²) >= 11 is 4.92. The Morgan fingerprint density at radius 3 is 2.95 bits per heavy atom. The van der Waals surface area contributed by atoms with E-state index < -0.39 is 0 Å². The summed E-state index contributed by atoms with van der Waals surface area (Å²) < 4.78 is 0. The molecule has 19 heavy (non-hydrogen) atoms. The number of carbonyl (C=O) groups excluding carboxylic acids is 1. The molecule has 98 valence electrons. The van der Waals surface area contributed by atoms with Gasteiger partial charge in [-0.15, -0.1) is 0 Å². The van der Waals surface area contributed by atoms with Gasteiger partial charge in [-0.2, -0.15) is 5.10 Å². The van der Waals surface area contributed by atoms with Gasteiger partial charge in [-0.25, -0.2) is 0 Å². The quantitative estimate of drug-likeness (QED) is 0.733. The lowest BCUT2D eigenvalue weighted by Gasteiger charge is -2.06. The molecule has 1 heterocycles. The van der Waals surface area contributed by atoms with E-state index in [0.717, 1.165) is 16.8 Å². The third kappa shape index (κ3) is 3.17. The Balaban J connectivity index is 2.03. The van der Waals surface area contributed by atoms with Crippen molar-refractivity contribution in [3.8, 4) is 0 Å². The molecule has 0 unspecified atom stereocenters. The third-order valence-electron chi connectivity index (χ3n) is 2.74. The Kier molecular flexibility index (Phi) is 3.91. The van der Waals surface area contributed by atoms with E-state index in [0.29, 0.717) is 17.1 Å². The predicted molar refractivity (Wildman–Crippen MR) is 76.8 cm³/mol. The van der Waals surface area contributed by atoms with Crippen LogP contribution in [0, 0.1) is 6.92 Å². The zero-order valence-corrected chi connectivity index (χ0v) is 11.3. The van der Waals surface area contributed by atoms with Crippen molar-refractivity contribution in [2.24, 2.45) is 5.73 Å². The van der Waals surface area contributed by atoms with Crippen molar-refractivity contribution in [3.63, 3.8) is 0 Å². The summed E-state index contributed by atoms with van der Waals surface area (Å²) in [6.45, 7) is 2.22. The SMILES string of the molecule is Cc1[nH]ncc1C(=O)NCc1cccc(C(N)=S)c1. The summed E-state index contributed by atoms with van der Waals surface area (Å²) in [5.74, 6) is -0.160. The second-order valence-corrected chi connectivity index (χ2v) is 4.60. The number of H-pyrrole nitrogens is 1. The van der Waals surface area contributed by atoms with Crippen molar-refractivity contribution >= 4 is 23.1 Å². The highest BCUT2D eigenvalue weighted by Gasteiger charge is 2.10. The first-order valence-corrected chi connectivity index (χ1v) is 6.15. The van der Waals surface area contributed by atoms with Gasteiger partial charge in [0.25, 0.3) is 5.91 Å². The van der Waals surface area contributed by atoms with Crippen LogP contribution in [0.5, 0.6) is 0 Å². The summed E-state index contributed by atoms with van der Waals surface area (Å²) in [6.07, 6.45) is 1.51. The van der Waals surface area contributed by atoms with Crippen molar-refractivity contribution in [2.75, 3.05) is 0 Å². The van der Waals surface area contributed by atoms with Gasteiger partial charge in [-0.3, -0.25) is 9.89 Å². The van der Waals surface area contributed by atoms with E-state index in [1.807, 2.05) is 24.3 Å². The Morgan fingerprint density at radius 2 is 2.32 bits per heavy atom. The molecular weight excluding hydrogens is 260 g/mol. The highest BCUT2D eigenvalue weighted by Crippen LogP contribution is 2.06. The maximum Gasteiger partial charge on any atom is 0.255 e. The number of benzene rings is 1. The van der Waals surface area contributed by atoms with Crippen LogP contribution in [0.1, 0.15) is 27.2 Å². The van der Waals surface area contributed by atoms with Crippen molar-refractivity contribution in [1.82, 2.24) is 15.5 Å². The van der Waals surface area contributed by atoms with Crippen LogP contribution in [-0.4, -0.2) is 21.1 Å². The van der Waals surface area contributed by atoms with Gasteiger partial charge in [-0.05, 0) is 18.6 Å². The van der Waals surface area contributed by atoms with Crippen LogP contribution in [0.4, 0.5) is 0 Å². The van der Waals surface area contributed by atoms with Gasteiger partial charge in [0.15, 0.2) is 0 Å². The number of aromatic nitrogens is 2. The van der Waals surface area contributed by atoms with Gasteiger partial charge in [0.05, 0.1) is 11.8 Å². The number of nitrogens with zero attached hydrogens (tertiary/aromatic N) is 1. The monoisotopic (exact) mass is 274 g/mol. The van der Waals surface area contributed by atoms with Crippen LogP contribution in [0.3, 0.4) is 0 Å². The minimum Gasteiger partial charge on any atom is -0.389 e. The molecule has 0 saturated heterocycles. The predicted octanol–water partition coefficient (Wildman–Crippen LogP) is 1.28. The highest BCUT2D eigenvalue weighted by molar-refractivity contribution is 7.80. The summed E-state index contributed by atoms with van der Waals surface area (Å²) in [5, 5.41) is 9.37. The molecule has 0 spiro atoms. The Hall–Kier alpha value is -2.21. The summed E-state index contributed by atoms with van der Waals surface area (Å²) in [4.78, 5) is 12.2. The topological polar surface area (TPSA) is 83.8 Å². The van der Waals surface area contributed by atoms with E-state index in [4.69, 9.17) is 18.0 Å². The molecule has 0 aliphatic rings. The van der Waals surface area contributed by atoms with E-state index in [-0.39, 0.29) is 5.91 Å². The molecule has 5 nitrogen and oxygen atoms in total. The Bertz CT molecular complexity index is 621. The van der Waals surface area contributed by atoms with E-state index in [9.17, 15) is 4.79 Å². The number of aromatic amines is 1. The largest absolute Gasteiger partial charge is 0.389 e. The summed E-state index contributed by atoms with van der Waals surface area (Å²) in [5.41, 5.74) is 8.60. The maximum absolute atomic E-state index is 11.9. The van der Waals surface area contributed by atoms with Gasteiger partial charge in [0, 0.05) is 17.8 Å². The number of rotatable bonds is 4. The lowest BCUT2D eigenvalue weighted by molar-refractivity contribution is 0.0950. The number of nitrogens with one attached hydrogen (secondary N) is 2. The average molecular weight is 274 g/mol. The first-order chi connectivity index (χ1) is 9.08. The zero-order valence-electron chi connectivity index (χ0n) is 10.4. The summed E-state index contributed by atoms with van der Waals surface area (Å²) in [6, 6.07) is 7.47. The smallest absolute Gasteiger partial charge is 0.255 e. The molecule has 6 heteroatoms. The first kappa shape index (κ1) is 13.2. The van der Waals surface area contributed by atoms with Crippen molar-refractivity contribution in [2.45, 2.75) is 13.5 Å². The zero-order chi connectivity index (χ0) is 13.8. The molecule has 0 radical (unpaired) electrons. The minimum atomic E-state index is -0.160. The molecule has 0 saturated carbocycles. The van der Waals surface area contributed by atoms with Gasteiger partial charge in [0.2, 0.25) is 0 Å². The fraction of sp³-hybridized carbons (Fsp3) is 0.154. The average Bonchev–Trinajstić information content (AvgIpc) is 2.82. The number of hydrogen-bond acceptors (Lipinski definition) is 3. The molecule has 0 bridgehead atoms. The molecule has 0 atom stereocenters. The van der Waals surface area contributed by atoms with E-state index in [1.165, 1.54) is 6.20 Å². The second kappa shape index (κ2) is 5.62. The Labute approximate surface area is 116 Å². The molecular formula is C13H14N4OS. The Morgan fingerprint density at radius 1 is 1.53 bits per heavy atom. The molecule has 4 N–H and O–H groups in total. The molecule has 0 aliphatic carbocycles. The fourth-order valence-corrected chi connectivity index (χ4v) is 1.82. The molecule has 2 aromatic rings. The number of aryl methyl sites for hydroxylation is 1. The number of hydrogen-bond donors (Lipinski definition) is 3.